The van der Waals surface area contributed by atoms with Crippen LogP contribution in [0.15, 0.2) is 53.9 Å². The largest absolute Gasteiger partial charge is 0.415 e. The molecule has 0 amide bonds. The Labute approximate surface area is 201 Å². The van der Waals surface area contributed by atoms with Gasteiger partial charge in [-0.2, -0.15) is 4.31 Å². The maximum atomic E-state index is 14.1. The van der Waals surface area contributed by atoms with E-state index in [2.05, 4.69) is 40.4 Å². The lowest BCUT2D eigenvalue weighted by molar-refractivity contribution is 0.0903. The Morgan fingerprint density at radius 3 is 2.15 bits per heavy atom. The molecule has 180 valence electrons. The van der Waals surface area contributed by atoms with Gasteiger partial charge in [0.25, 0.3) is 0 Å². The molecule has 1 fully saturated rings. The van der Waals surface area contributed by atoms with Gasteiger partial charge in [-0.3, -0.25) is 0 Å². The summed E-state index contributed by atoms with van der Waals surface area (Å²) < 4.78 is 36.3. The van der Waals surface area contributed by atoms with Crippen LogP contribution >= 0.6 is 0 Å². The van der Waals surface area contributed by atoms with E-state index in [1.807, 2.05) is 63.2 Å². The summed E-state index contributed by atoms with van der Waals surface area (Å²) >= 11 is 0. The van der Waals surface area contributed by atoms with Gasteiger partial charge in [0.15, 0.2) is 8.32 Å². The van der Waals surface area contributed by atoms with E-state index in [1.165, 1.54) is 0 Å². The number of aryl methyl sites for hydroxylation is 3. The van der Waals surface area contributed by atoms with Crippen molar-refractivity contribution in [2.24, 2.45) is 0 Å². The zero-order chi connectivity index (χ0) is 24.8. The third-order valence-electron chi connectivity index (χ3n) is 7.29. The van der Waals surface area contributed by atoms with E-state index < -0.39 is 18.3 Å². The lowest BCUT2D eigenvalue weighted by Crippen LogP contribution is -2.61. The Hall–Kier alpha value is -1.73. The van der Waals surface area contributed by atoms with E-state index in [-0.39, 0.29) is 17.1 Å². The van der Waals surface area contributed by atoms with Gasteiger partial charge >= 0.3 is 0 Å². The predicted octanol–water partition coefficient (Wildman–Crippen LogP) is 6.48. The van der Waals surface area contributed by atoms with Crippen molar-refractivity contribution >= 4 is 23.9 Å². The lowest BCUT2D eigenvalue weighted by atomic mass is 9.88. The van der Waals surface area contributed by atoms with E-state index in [4.69, 9.17) is 4.43 Å². The van der Waals surface area contributed by atoms with Crippen molar-refractivity contribution in [3.63, 3.8) is 0 Å². The first-order valence-corrected chi connectivity index (χ1v) is 16.0. The van der Waals surface area contributed by atoms with Crippen molar-refractivity contribution in [2.45, 2.75) is 83.1 Å². The second-order valence-corrected chi connectivity index (χ2v) is 17.5. The number of benzene rings is 2. The third-order valence-corrected chi connectivity index (χ3v) is 14.1. The van der Waals surface area contributed by atoms with E-state index in [0.717, 1.165) is 27.8 Å². The van der Waals surface area contributed by atoms with Crippen molar-refractivity contribution in [3.05, 3.63) is 71.3 Å². The maximum Gasteiger partial charge on any atom is 0.244 e. The zero-order valence-electron chi connectivity index (χ0n) is 21.4. The number of sulfonamides is 1. The summed E-state index contributed by atoms with van der Waals surface area (Å²) in [6.45, 7) is 21.5. The summed E-state index contributed by atoms with van der Waals surface area (Å²) in [5.41, 5.74) is 4.45. The molecule has 0 aliphatic carbocycles. The van der Waals surface area contributed by atoms with Crippen LogP contribution in [0.2, 0.25) is 18.1 Å². The van der Waals surface area contributed by atoms with Crippen LogP contribution in [0, 0.1) is 20.8 Å². The van der Waals surface area contributed by atoms with Crippen molar-refractivity contribution in [3.8, 4) is 0 Å². The first-order chi connectivity index (χ1) is 15.2. The molecule has 1 saturated heterocycles. The molecule has 0 spiro atoms. The Morgan fingerprint density at radius 1 is 1.09 bits per heavy atom. The smallest absolute Gasteiger partial charge is 0.244 e. The molecule has 2 aromatic rings. The first-order valence-electron chi connectivity index (χ1n) is 11.7. The van der Waals surface area contributed by atoms with Crippen LogP contribution in [-0.2, 0) is 14.4 Å². The molecular formula is C27H39NO3SSi. The molecule has 4 nitrogen and oxygen atoms in total. The van der Waals surface area contributed by atoms with Crippen molar-refractivity contribution in [1.29, 1.82) is 0 Å². The average molecular weight is 486 g/mol. The third kappa shape index (κ3) is 5.04. The normalized spacial score (nSPS) is 19.9. The highest BCUT2D eigenvalue weighted by Crippen LogP contribution is 2.43. The molecule has 1 aliphatic rings. The van der Waals surface area contributed by atoms with Crippen LogP contribution in [0.4, 0.5) is 0 Å². The van der Waals surface area contributed by atoms with Gasteiger partial charge in [-0.25, -0.2) is 8.42 Å². The summed E-state index contributed by atoms with van der Waals surface area (Å²) in [6.07, 6.45) is 0.714. The molecule has 33 heavy (non-hydrogen) atoms. The molecule has 0 saturated carbocycles. The van der Waals surface area contributed by atoms with Gasteiger partial charge in [-0.15, -0.1) is 0 Å². The zero-order valence-corrected chi connectivity index (χ0v) is 23.2. The number of nitrogens with zero attached hydrogens (tertiary/aromatic N) is 1. The van der Waals surface area contributed by atoms with Crippen molar-refractivity contribution in [2.75, 3.05) is 6.61 Å². The summed E-state index contributed by atoms with van der Waals surface area (Å²) in [6, 6.07) is 13.3. The fourth-order valence-corrected chi connectivity index (χ4v) is 7.70. The molecule has 0 bridgehead atoms. The lowest BCUT2D eigenvalue weighted by Gasteiger charge is -2.49. The van der Waals surface area contributed by atoms with Crippen LogP contribution in [0.25, 0.3) is 5.57 Å². The van der Waals surface area contributed by atoms with Crippen LogP contribution in [0.1, 0.15) is 49.4 Å². The van der Waals surface area contributed by atoms with Gasteiger partial charge in [-0.1, -0.05) is 75.4 Å². The molecule has 2 atom stereocenters. The second kappa shape index (κ2) is 9.14. The Bertz CT molecular complexity index is 1110. The Balaban J connectivity index is 1.99. The maximum absolute atomic E-state index is 14.1. The molecule has 0 unspecified atom stereocenters. The Kier molecular flexibility index (Phi) is 7.17. The topological polar surface area (TPSA) is 46.6 Å². The number of hydrogen-bond acceptors (Lipinski definition) is 3. The van der Waals surface area contributed by atoms with Crippen LogP contribution in [-0.4, -0.2) is 39.7 Å². The Morgan fingerprint density at radius 2 is 1.64 bits per heavy atom. The monoisotopic (exact) mass is 485 g/mol. The van der Waals surface area contributed by atoms with Gasteiger partial charge in [-0.05, 0) is 67.6 Å². The minimum Gasteiger partial charge on any atom is -0.415 e. The SMILES string of the molecule is C=C(c1ccccc1)[C@@H]1C[C@H](CO[Si](C)(C)C(C)(C)C)N1S(=O)(=O)c1c(C)cc(C)cc1C. The van der Waals surface area contributed by atoms with Crippen LogP contribution in [0.3, 0.4) is 0 Å². The van der Waals surface area contributed by atoms with E-state index in [1.54, 1.807) is 4.31 Å². The summed E-state index contributed by atoms with van der Waals surface area (Å²) in [7, 11) is -5.73. The summed E-state index contributed by atoms with van der Waals surface area (Å²) in [5.74, 6) is 0. The fourth-order valence-electron chi connectivity index (χ4n) is 4.43. The van der Waals surface area contributed by atoms with E-state index in [0.29, 0.717) is 17.9 Å². The standard InChI is InChI=1S/C27H39NO3SSi/c1-19-15-20(2)26(21(3)16-19)32(29,30)28-24(18-31-33(8,9)27(5,6)7)17-25(28)22(4)23-13-11-10-12-14-23/h10-16,24-25H,4,17-18H2,1-3,5-9H3/t24-,25+/m1/s1. The minimum atomic E-state index is -3.73. The highest BCUT2D eigenvalue weighted by molar-refractivity contribution is 7.89. The molecule has 1 heterocycles. The predicted molar refractivity (Wildman–Crippen MR) is 140 cm³/mol. The fraction of sp³-hybridized carbons (Fsp3) is 0.481. The molecule has 2 aromatic carbocycles. The summed E-state index contributed by atoms with van der Waals surface area (Å²) in [4.78, 5) is 0.413. The number of hydrogen-bond donors (Lipinski definition) is 0. The highest BCUT2D eigenvalue weighted by atomic mass is 32.2. The quantitative estimate of drug-likeness (QED) is 0.422. The van der Waals surface area contributed by atoms with Crippen molar-refractivity contribution in [1.82, 2.24) is 4.31 Å². The van der Waals surface area contributed by atoms with Gasteiger partial charge < -0.3 is 4.43 Å². The van der Waals surface area contributed by atoms with Gasteiger partial charge in [0.2, 0.25) is 10.0 Å². The van der Waals surface area contributed by atoms with E-state index in [9.17, 15) is 8.42 Å². The molecule has 0 radical (unpaired) electrons. The molecule has 0 N–H and O–H groups in total. The molecule has 0 aromatic heterocycles. The van der Waals surface area contributed by atoms with Crippen LogP contribution < -0.4 is 0 Å². The molecule has 6 heteroatoms. The summed E-state index contributed by atoms with van der Waals surface area (Å²) in [5, 5.41) is 0.0671. The van der Waals surface area contributed by atoms with Gasteiger partial charge in [0.1, 0.15) is 0 Å². The van der Waals surface area contributed by atoms with Gasteiger partial charge in [0.05, 0.1) is 17.5 Å². The minimum absolute atomic E-state index is 0.0671. The van der Waals surface area contributed by atoms with E-state index >= 15 is 0 Å². The second-order valence-electron chi connectivity index (χ2n) is 10.9. The highest BCUT2D eigenvalue weighted by Gasteiger charge is 2.50. The average Bonchev–Trinajstić information content (AvgIpc) is 2.65. The molecule has 3 rings (SSSR count). The van der Waals surface area contributed by atoms with Gasteiger partial charge in [0, 0.05) is 6.04 Å². The van der Waals surface area contributed by atoms with Crippen LogP contribution in [0.5, 0.6) is 0 Å². The first kappa shape index (κ1) is 25.9. The number of rotatable bonds is 7. The molecule has 1 aliphatic heterocycles. The molecular weight excluding hydrogens is 446 g/mol. The van der Waals surface area contributed by atoms with Crippen molar-refractivity contribution < 1.29 is 12.8 Å².